The minimum atomic E-state index is -0.368. The number of carbonyl (C=O) groups excluding carboxylic acids is 1. The van der Waals surface area contributed by atoms with Crippen molar-refractivity contribution in [3.8, 4) is 6.01 Å². The molecule has 0 unspecified atom stereocenters. The molecule has 10 heteroatoms. The van der Waals surface area contributed by atoms with E-state index in [0.29, 0.717) is 37.3 Å². The number of aromatic nitrogens is 4. The highest BCUT2D eigenvalue weighted by Gasteiger charge is 2.37. The zero-order valence-electron chi connectivity index (χ0n) is 18.0. The van der Waals surface area contributed by atoms with E-state index in [9.17, 15) is 4.79 Å². The molecule has 2 fully saturated rings. The van der Waals surface area contributed by atoms with Gasteiger partial charge in [-0.1, -0.05) is 13.8 Å². The van der Waals surface area contributed by atoms with Crippen LogP contribution in [0.2, 0.25) is 0 Å². The van der Waals surface area contributed by atoms with E-state index in [0.717, 1.165) is 31.5 Å². The fourth-order valence-corrected chi connectivity index (χ4v) is 3.67. The predicted octanol–water partition coefficient (Wildman–Crippen LogP) is 2.03. The van der Waals surface area contributed by atoms with Crippen LogP contribution in [0.3, 0.4) is 0 Å². The highest BCUT2D eigenvalue weighted by atomic mass is 16.6. The summed E-state index contributed by atoms with van der Waals surface area (Å²) in [5.74, 6) is 1.27. The number of hydrogen-bond donors (Lipinski definition) is 2. The number of anilines is 2. The molecule has 4 rings (SSSR count). The molecule has 2 N–H and O–H groups in total. The molecule has 2 aromatic rings. The van der Waals surface area contributed by atoms with E-state index in [-0.39, 0.29) is 24.2 Å². The molecule has 1 atom stereocenters. The van der Waals surface area contributed by atoms with Gasteiger partial charge in [-0.05, 0) is 49.9 Å². The number of ether oxygens (including phenoxy) is 2. The first-order valence-electron chi connectivity index (χ1n) is 10.8. The smallest absolute Gasteiger partial charge is 0.415 e. The summed E-state index contributed by atoms with van der Waals surface area (Å²) in [6, 6.07) is 2.12. The van der Waals surface area contributed by atoms with Gasteiger partial charge in [0.1, 0.15) is 18.5 Å². The second-order valence-corrected chi connectivity index (χ2v) is 8.11. The van der Waals surface area contributed by atoms with E-state index in [1.165, 1.54) is 0 Å². The molecular formula is C21H29N7O3. The molecule has 0 aromatic carbocycles. The molecular weight excluding hydrogens is 398 g/mol. The number of amides is 1. The van der Waals surface area contributed by atoms with Crippen molar-refractivity contribution >= 4 is 17.9 Å². The lowest BCUT2D eigenvalue weighted by molar-refractivity contribution is 0.148. The summed E-state index contributed by atoms with van der Waals surface area (Å²) < 4.78 is 11.0. The van der Waals surface area contributed by atoms with Crippen molar-refractivity contribution in [2.24, 2.45) is 5.92 Å². The van der Waals surface area contributed by atoms with Crippen LogP contribution in [0.4, 0.5) is 16.6 Å². The molecule has 166 valence electrons. The van der Waals surface area contributed by atoms with Gasteiger partial charge in [0.05, 0.1) is 6.04 Å². The van der Waals surface area contributed by atoms with Crippen LogP contribution >= 0.6 is 0 Å². The minimum Gasteiger partial charge on any atom is -0.460 e. The topological polar surface area (TPSA) is 114 Å². The Kier molecular flexibility index (Phi) is 6.76. The highest BCUT2D eigenvalue weighted by Crippen LogP contribution is 2.25. The molecule has 4 heterocycles. The zero-order valence-corrected chi connectivity index (χ0v) is 18.0. The molecule has 2 aromatic heterocycles. The van der Waals surface area contributed by atoms with Gasteiger partial charge in [0, 0.05) is 25.1 Å². The third kappa shape index (κ3) is 5.38. The maximum Gasteiger partial charge on any atom is 0.415 e. The van der Waals surface area contributed by atoms with Crippen molar-refractivity contribution in [3.63, 3.8) is 0 Å². The first-order chi connectivity index (χ1) is 15.1. The van der Waals surface area contributed by atoms with Crippen LogP contribution < -0.4 is 20.3 Å². The number of nitrogens with one attached hydrogen (secondary N) is 2. The van der Waals surface area contributed by atoms with E-state index in [1.54, 1.807) is 29.6 Å². The summed E-state index contributed by atoms with van der Waals surface area (Å²) in [5, 5.41) is 6.51. The van der Waals surface area contributed by atoms with Crippen LogP contribution in [-0.4, -0.2) is 64.4 Å². The van der Waals surface area contributed by atoms with Crippen molar-refractivity contribution in [3.05, 3.63) is 30.2 Å². The Morgan fingerprint density at radius 3 is 2.77 bits per heavy atom. The lowest BCUT2D eigenvalue weighted by atomic mass is 10.0. The van der Waals surface area contributed by atoms with E-state index in [2.05, 4.69) is 44.4 Å². The lowest BCUT2D eigenvalue weighted by Crippen LogP contribution is -2.37. The number of carbonyl (C=O) groups is 1. The maximum atomic E-state index is 12.1. The fraction of sp³-hybridized carbons (Fsp3) is 0.571. The number of cyclic esters (lactones) is 1. The van der Waals surface area contributed by atoms with Gasteiger partial charge in [-0.3, -0.25) is 4.90 Å². The summed E-state index contributed by atoms with van der Waals surface area (Å²) >= 11 is 0. The van der Waals surface area contributed by atoms with Crippen molar-refractivity contribution < 1.29 is 14.3 Å². The van der Waals surface area contributed by atoms with Crippen molar-refractivity contribution in [2.75, 3.05) is 36.5 Å². The molecule has 2 aliphatic heterocycles. The summed E-state index contributed by atoms with van der Waals surface area (Å²) in [7, 11) is 0. The molecule has 10 nitrogen and oxygen atoms in total. The second kappa shape index (κ2) is 9.86. The largest absolute Gasteiger partial charge is 0.460 e. The molecule has 2 aliphatic rings. The first-order valence-corrected chi connectivity index (χ1v) is 10.8. The van der Waals surface area contributed by atoms with Crippen molar-refractivity contribution in [1.29, 1.82) is 0 Å². The number of nitrogens with zero attached hydrogens (tertiary/aromatic N) is 5. The Balaban J connectivity index is 1.30. The Bertz CT molecular complexity index is 872. The quantitative estimate of drug-likeness (QED) is 0.653. The molecule has 0 aliphatic carbocycles. The second-order valence-electron chi connectivity index (χ2n) is 8.11. The third-order valence-electron chi connectivity index (χ3n) is 5.50. The first kappa shape index (κ1) is 21.2. The zero-order chi connectivity index (χ0) is 21.6. The third-order valence-corrected chi connectivity index (χ3v) is 5.50. The minimum absolute atomic E-state index is 0.0296. The van der Waals surface area contributed by atoms with Crippen LogP contribution in [0.25, 0.3) is 0 Å². The Hall–Kier alpha value is -3.01. The molecule has 0 saturated carbocycles. The maximum absolute atomic E-state index is 12.1. The van der Waals surface area contributed by atoms with Crippen molar-refractivity contribution in [2.45, 2.75) is 45.3 Å². The lowest BCUT2D eigenvalue weighted by Gasteiger charge is -2.23. The van der Waals surface area contributed by atoms with Crippen LogP contribution in [0.15, 0.2) is 24.7 Å². The fourth-order valence-electron chi connectivity index (χ4n) is 3.67. The van der Waals surface area contributed by atoms with E-state index >= 15 is 0 Å². The summed E-state index contributed by atoms with van der Waals surface area (Å²) in [6.07, 6.45) is 7.69. The van der Waals surface area contributed by atoms with Gasteiger partial charge in [0.2, 0.25) is 5.95 Å². The van der Waals surface area contributed by atoms with E-state index < -0.39 is 0 Å². The SMILES string of the molecule is CC(C)[C@H]1COC(=O)N1c1ccnc(NCCc2cnc(OC3CCNCC3)nc2)n1. The summed E-state index contributed by atoms with van der Waals surface area (Å²) in [6.45, 7) is 7.04. The molecule has 1 amide bonds. The predicted molar refractivity (Wildman–Crippen MR) is 115 cm³/mol. The Morgan fingerprint density at radius 2 is 2.03 bits per heavy atom. The van der Waals surface area contributed by atoms with Crippen LogP contribution in [-0.2, 0) is 11.2 Å². The van der Waals surface area contributed by atoms with Gasteiger partial charge >= 0.3 is 12.1 Å². The van der Waals surface area contributed by atoms with Crippen molar-refractivity contribution in [1.82, 2.24) is 25.3 Å². The molecule has 0 spiro atoms. The molecule has 0 radical (unpaired) electrons. The molecule has 2 saturated heterocycles. The monoisotopic (exact) mass is 427 g/mol. The van der Waals surface area contributed by atoms with Crippen LogP contribution in [0.1, 0.15) is 32.3 Å². The summed E-state index contributed by atoms with van der Waals surface area (Å²) in [4.78, 5) is 31.2. The number of rotatable bonds is 8. The summed E-state index contributed by atoms with van der Waals surface area (Å²) in [5.41, 5.74) is 0.990. The Morgan fingerprint density at radius 1 is 1.26 bits per heavy atom. The Labute approximate surface area is 181 Å². The average molecular weight is 428 g/mol. The number of hydrogen-bond acceptors (Lipinski definition) is 9. The van der Waals surface area contributed by atoms with Crippen LogP contribution in [0.5, 0.6) is 6.01 Å². The van der Waals surface area contributed by atoms with E-state index in [4.69, 9.17) is 9.47 Å². The van der Waals surface area contributed by atoms with Gasteiger partial charge in [-0.15, -0.1) is 0 Å². The molecule has 31 heavy (non-hydrogen) atoms. The van der Waals surface area contributed by atoms with Gasteiger partial charge in [-0.2, -0.15) is 4.98 Å². The normalized spacial score (nSPS) is 19.5. The van der Waals surface area contributed by atoms with E-state index in [1.807, 2.05) is 0 Å². The van der Waals surface area contributed by atoms with Gasteiger partial charge in [0.25, 0.3) is 0 Å². The highest BCUT2D eigenvalue weighted by molar-refractivity contribution is 5.89. The van der Waals surface area contributed by atoms with Crippen LogP contribution in [0, 0.1) is 5.92 Å². The number of piperidine rings is 1. The van der Waals surface area contributed by atoms with Gasteiger partial charge < -0.3 is 20.1 Å². The van der Waals surface area contributed by atoms with Gasteiger partial charge in [-0.25, -0.2) is 19.7 Å². The van der Waals surface area contributed by atoms with Gasteiger partial charge in [0.15, 0.2) is 0 Å². The average Bonchev–Trinajstić information content (AvgIpc) is 3.18. The molecule has 0 bridgehead atoms. The standard InChI is InChI=1S/C21H29N7O3/c1-14(2)17-13-30-21(29)28(17)18-6-10-24-19(27-18)23-9-3-15-11-25-20(26-12-15)31-16-4-7-22-8-5-16/h6,10-12,14,16-17,22H,3-5,7-9,13H2,1-2H3,(H,23,24,27)/t17-/m1/s1.